The number of unbranched alkanes of at least 4 members (excludes halogenated alkanes) is 1. The standard InChI is InChI=1S/C37H43N3O5S/c1-5-6-23-38-37(42)35(25-30-16-9-7-10-17-30)39(26-31-18-14-19-32(24-31)45-4)36(41)27-40(34-22-13-15-28(2)29(34)3)46(43,44)33-20-11-8-12-21-33/h7-22,24,35H,5-6,23,25-27H2,1-4H3,(H,38,42)/t35-/m1/s1. The number of ether oxygens (including phenoxy) is 1. The average Bonchev–Trinajstić information content (AvgIpc) is 3.07. The molecule has 9 heteroatoms. The second-order valence-corrected chi connectivity index (χ2v) is 13.1. The van der Waals surface area contributed by atoms with Gasteiger partial charge in [-0.25, -0.2) is 8.42 Å². The van der Waals surface area contributed by atoms with Crippen molar-refractivity contribution in [1.29, 1.82) is 0 Å². The van der Waals surface area contributed by atoms with Crippen molar-refractivity contribution < 1.29 is 22.7 Å². The van der Waals surface area contributed by atoms with E-state index in [9.17, 15) is 18.0 Å². The van der Waals surface area contributed by atoms with Crippen molar-refractivity contribution in [1.82, 2.24) is 10.2 Å². The number of aryl methyl sites for hydroxylation is 1. The largest absolute Gasteiger partial charge is 0.497 e. The number of hydrogen-bond donors (Lipinski definition) is 1. The van der Waals surface area contributed by atoms with Crippen molar-refractivity contribution in [2.24, 2.45) is 0 Å². The maximum absolute atomic E-state index is 14.6. The van der Waals surface area contributed by atoms with E-state index in [0.29, 0.717) is 18.0 Å². The van der Waals surface area contributed by atoms with E-state index in [1.54, 1.807) is 37.4 Å². The van der Waals surface area contributed by atoms with Crippen molar-refractivity contribution in [2.75, 3.05) is 24.5 Å². The molecule has 0 heterocycles. The Morgan fingerprint density at radius 2 is 1.50 bits per heavy atom. The predicted octanol–water partition coefficient (Wildman–Crippen LogP) is 6.06. The van der Waals surface area contributed by atoms with E-state index < -0.39 is 28.5 Å². The fourth-order valence-electron chi connectivity index (χ4n) is 5.27. The Morgan fingerprint density at radius 3 is 2.17 bits per heavy atom. The Balaban J connectivity index is 1.82. The lowest BCUT2D eigenvalue weighted by atomic mass is 10.0. The molecular weight excluding hydrogens is 598 g/mol. The van der Waals surface area contributed by atoms with E-state index in [0.717, 1.165) is 35.1 Å². The van der Waals surface area contributed by atoms with Gasteiger partial charge in [0.15, 0.2) is 0 Å². The van der Waals surface area contributed by atoms with Gasteiger partial charge in [-0.2, -0.15) is 0 Å². The number of anilines is 1. The van der Waals surface area contributed by atoms with Gasteiger partial charge >= 0.3 is 0 Å². The second-order valence-electron chi connectivity index (χ2n) is 11.3. The maximum atomic E-state index is 14.6. The zero-order valence-corrected chi connectivity index (χ0v) is 27.8. The Kier molecular flexibility index (Phi) is 12.0. The minimum Gasteiger partial charge on any atom is -0.497 e. The number of rotatable bonds is 15. The lowest BCUT2D eigenvalue weighted by Gasteiger charge is -2.34. The van der Waals surface area contributed by atoms with Gasteiger partial charge in [0.25, 0.3) is 10.0 Å². The highest BCUT2D eigenvalue weighted by molar-refractivity contribution is 7.92. The molecule has 4 aromatic carbocycles. The van der Waals surface area contributed by atoms with Crippen LogP contribution in [0.25, 0.3) is 0 Å². The van der Waals surface area contributed by atoms with E-state index in [1.165, 1.54) is 21.3 Å². The van der Waals surface area contributed by atoms with Crippen LogP contribution in [0.1, 0.15) is 42.0 Å². The van der Waals surface area contributed by atoms with Gasteiger partial charge in [0.1, 0.15) is 18.3 Å². The summed E-state index contributed by atoms with van der Waals surface area (Å²) in [6.07, 6.45) is 1.95. The number of amides is 2. The molecule has 2 amide bonds. The Hall–Kier alpha value is -4.63. The van der Waals surface area contributed by atoms with Gasteiger partial charge in [0.2, 0.25) is 11.8 Å². The minimum atomic E-state index is -4.16. The number of sulfonamides is 1. The molecule has 0 radical (unpaired) electrons. The number of nitrogens with zero attached hydrogens (tertiary/aromatic N) is 2. The average molecular weight is 642 g/mol. The first-order valence-electron chi connectivity index (χ1n) is 15.5. The maximum Gasteiger partial charge on any atom is 0.264 e. The van der Waals surface area contributed by atoms with E-state index in [2.05, 4.69) is 5.32 Å². The molecule has 0 aliphatic carbocycles. The van der Waals surface area contributed by atoms with E-state index >= 15 is 0 Å². The van der Waals surface area contributed by atoms with Gasteiger partial charge in [-0.1, -0.05) is 86.1 Å². The summed E-state index contributed by atoms with van der Waals surface area (Å²) in [7, 11) is -2.60. The van der Waals surface area contributed by atoms with Gasteiger partial charge in [-0.05, 0) is 72.9 Å². The summed E-state index contributed by atoms with van der Waals surface area (Å²) in [4.78, 5) is 30.1. The fraction of sp³-hybridized carbons (Fsp3) is 0.297. The lowest BCUT2D eigenvalue weighted by molar-refractivity contribution is -0.140. The summed E-state index contributed by atoms with van der Waals surface area (Å²) < 4.78 is 35.1. The quantitative estimate of drug-likeness (QED) is 0.159. The molecule has 46 heavy (non-hydrogen) atoms. The molecule has 4 rings (SSSR count). The molecule has 0 aliphatic rings. The monoisotopic (exact) mass is 641 g/mol. The highest BCUT2D eigenvalue weighted by Gasteiger charge is 2.35. The number of carbonyl (C=O) groups is 2. The first-order valence-corrected chi connectivity index (χ1v) is 17.0. The smallest absolute Gasteiger partial charge is 0.264 e. The van der Waals surface area contributed by atoms with Crippen LogP contribution in [0.15, 0.2) is 108 Å². The molecule has 0 saturated heterocycles. The van der Waals surface area contributed by atoms with Gasteiger partial charge in [0.05, 0.1) is 17.7 Å². The zero-order valence-electron chi connectivity index (χ0n) is 27.0. The number of benzene rings is 4. The molecular formula is C37H43N3O5S. The molecule has 242 valence electrons. The fourth-order valence-corrected chi connectivity index (χ4v) is 6.76. The molecule has 8 nitrogen and oxygen atoms in total. The summed E-state index contributed by atoms with van der Waals surface area (Å²) in [5.41, 5.74) is 3.67. The highest BCUT2D eigenvalue weighted by Crippen LogP contribution is 2.29. The molecule has 0 unspecified atom stereocenters. The van der Waals surface area contributed by atoms with Crippen LogP contribution in [-0.2, 0) is 32.6 Å². The summed E-state index contributed by atoms with van der Waals surface area (Å²) in [6, 6.07) is 29.4. The Morgan fingerprint density at radius 1 is 0.848 bits per heavy atom. The van der Waals surface area contributed by atoms with Crippen LogP contribution in [0.4, 0.5) is 5.69 Å². The van der Waals surface area contributed by atoms with Crippen molar-refractivity contribution in [3.8, 4) is 5.75 Å². The van der Waals surface area contributed by atoms with Crippen LogP contribution < -0.4 is 14.4 Å². The third-order valence-corrected chi connectivity index (χ3v) is 9.82. The summed E-state index contributed by atoms with van der Waals surface area (Å²) in [5.74, 6) is -0.187. The zero-order chi connectivity index (χ0) is 33.1. The molecule has 0 aromatic heterocycles. The Bertz CT molecular complexity index is 1710. The van der Waals surface area contributed by atoms with Gasteiger partial charge < -0.3 is 15.0 Å². The molecule has 1 atom stereocenters. The first kappa shape index (κ1) is 34.2. The van der Waals surface area contributed by atoms with Crippen molar-refractivity contribution in [3.63, 3.8) is 0 Å². The highest BCUT2D eigenvalue weighted by atomic mass is 32.2. The van der Waals surface area contributed by atoms with Crippen molar-refractivity contribution >= 4 is 27.5 Å². The second kappa shape index (κ2) is 16.1. The predicted molar refractivity (Wildman–Crippen MR) is 182 cm³/mol. The lowest BCUT2D eigenvalue weighted by Crippen LogP contribution is -2.53. The molecule has 1 N–H and O–H groups in total. The SMILES string of the molecule is CCCCNC(=O)[C@@H](Cc1ccccc1)N(Cc1cccc(OC)c1)C(=O)CN(c1cccc(C)c1C)S(=O)(=O)c1ccccc1. The van der Waals surface area contributed by atoms with E-state index in [-0.39, 0.29) is 23.8 Å². The van der Waals surface area contributed by atoms with Crippen LogP contribution in [0.2, 0.25) is 0 Å². The third kappa shape index (κ3) is 8.54. The van der Waals surface area contributed by atoms with Crippen LogP contribution in [0.3, 0.4) is 0 Å². The van der Waals surface area contributed by atoms with Gasteiger partial charge in [-0.15, -0.1) is 0 Å². The summed E-state index contributed by atoms with van der Waals surface area (Å²) in [5, 5.41) is 3.02. The molecule has 4 aromatic rings. The normalized spacial score (nSPS) is 11.8. The van der Waals surface area contributed by atoms with Crippen LogP contribution in [0, 0.1) is 13.8 Å². The van der Waals surface area contributed by atoms with Crippen LogP contribution in [0.5, 0.6) is 5.75 Å². The minimum absolute atomic E-state index is 0.0702. The topological polar surface area (TPSA) is 96.0 Å². The molecule has 0 fully saturated rings. The number of hydrogen-bond acceptors (Lipinski definition) is 5. The van der Waals surface area contributed by atoms with Crippen LogP contribution >= 0.6 is 0 Å². The number of nitrogens with one attached hydrogen (secondary N) is 1. The molecule has 0 spiro atoms. The Labute approximate surface area is 273 Å². The van der Waals surface area contributed by atoms with E-state index in [4.69, 9.17) is 4.74 Å². The third-order valence-electron chi connectivity index (χ3n) is 8.04. The molecule has 0 bridgehead atoms. The summed E-state index contributed by atoms with van der Waals surface area (Å²) in [6.45, 7) is 5.83. The molecule has 0 aliphatic heterocycles. The van der Waals surface area contributed by atoms with Crippen molar-refractivity contribution in [2.45, 2.75) is 57.5 Å². The number of carbonyl (C=O) groups excluding carboxylic acids is 2. The van der Waals surface area contributed by atoms with Crippen molar-refractivity contribution in [3.05, 3.63) is 125 Å². The van der Waals surface area contributed by atoms with Crippen LogP contribution in [-0.4, -0.2) is 51.4 Å². The van der Waals surface area contributed by atoms with E-state index in [1.807, 2.05) is 81.4 Å². The number of methoxy groups -OCH3 is 1. The van der Waals surface area contributed by atoms with Gasteiger partial charge in [-0.3, -0.25) is 13.9 Å². The summed E-state index contributed by atoms with van der Waals surface area (Å²) >= 11 is 0. The first-order chi connectivity index (χ1) is 22.1. The molecule has 0 saturated carbocycles. The van der Waals surface area contributed by atoms with Gasteiger partial charge in [0, 0.05) is 19.5 Å².